The standard InChI is InChI=1S/C11H23NO2/c1-10(2,3)14-9(13)7-11(4,5)8-12-6/h12H,7-8H2,1-6H3. The lowest BCUT2D eigenvalue weighted by Crippen LogP contribution is -2.32. The number of ether oxygens (including phenoxy) is 1. The van der Waals surface area contributed by atoms with Crippen LogP contribution in [0.5, 0.6) is 0 Å². The molecular formula is C11H23NO2. The summed E-state index contributed by atoms with van der Waals surface area (Å²) in [6.45, 7) is 10.6. The van der Waals surface area contributed by atoms with Gasteiger partial charge in [0.25, 0.3) is 0 Å². The van der Waals surface area contributed by atoms with E-state index in [4.69, 9.17) is 4.74 Å². The Kier molecular flexibility index (Phi) is 4.59. The molecule has 1 N–H and O–H groups in total. The lowest BCUT2D eigenvalue weighted by atomic mass is 9.89. The Labute approximate surface area is 87.2 Å². The van der Waals surface area contributed by atoms with Gasteiger partial charge in [-0.2, -0.15) is 0 Å². The van der Waals surface area contributed by atoms with Gasteiger partial charge in [-0.25, -0.2) is 0 Å². The number of carbonyl (C=O) groups excluding carboxylic acids is 1. The van der Waals surface area contributed by atoms with Gasteiger partial charge in [-0.3, -0.25) is 4.79 Å². The highest BCUT2D eigenvalue weighted by atomic mass is 16.6. The van der Waals surface area contributed by atoms with Crippen molar-refractivity contribution in [2.24, 2.45) is 5.41 Å². The molecule has 0 rings (SSSR count). The summed E-state index contributed by atoms with van der Waals surface area (Å²) < 4.78 is 5.25. The molecule has 0 heterocycles. The molecule has 0 amide bonds. The van der Waals surface area contributed by atoms with Crippen molar-refractivity contribution in [2.75, 3.05) is 13.6 Å². The minimum Gasteiger partial charge on any atom is -0.460 e. The van der Waals surface area contributed by atoms with Crippen LogP contribution >= 0.6 is 0 Å². The normalized spacial score (nSPS) is 12.7. The third-order valence-electron chi connectivity index (χ3n) is 1.70. The van der Waals surface area contributed by atoms with Crippen LogP contribution in [0.3, 0.4) is 0 Å². The topological polar surface area (TPSA) is 38.3 Å². The monoisotopic (exact) mass is 201 g/mol. The molecule has 84 valence electrons. The van der Waals surface area contributed by atoms with E-state index in [1.54, 1.807) is 0 Å². The lowest BCUT2D eigenvalue weighted by Gasteiger charge is -2.26. The summed E-state index contributed by atoms with van der Waals surface area (Å²) >= 11 is 0. The average molecular weight is 201 g/mol. The summed E-state index contributed by atoms with van der Waals surface area (Å²) in [6.07, 6.45) is 0.450. The Morgan fingerprint density at radius 2 is 1.71 bits per heavy atom. The Morgan fingerprint density at radius 1 is 1.21 bits per heavy atom. The van der Waals surface area contributed by atoms with Gasteiger partial charge in [0.15, 0.2) is 0 Å². The molecule has 0 saturated carbocycles. The lowest BCUT2D eigenvalue weighted by molar-refractivity contribution is -0.157. The van der Waals surface area contributed by atoms with Crippen LogP contribution in [0, 0.1) is 5.41 Å². The van der Waals surface area contributed by atoms with Crippen LogP contribution in [-0.4, -0.2) is 25.2 Å². The van der Waals surface area contributed by atoms with E-state index in [9.17, 15) is 4.79 Å². The number of nitrogens with one attached hydrogen (secondary N) is 1. The molecule has 0 fully saturated rings. The van der Waals surface area contributed by atoms with Crippen LogP contribution < -0.4 is 5.32 Å². The summed E-state index contributed by atoms with van der Waals surface area (Å²) in [5, 5.41) is 3.07. The van der Waals surface area contributed by atoms with Gasteiger partial charge in [0.05, 0.1) is 6.42 Å². The Hall–Kier alpha value is -0.570. The molecule has 0 aliphatic heterocycles. The quantitative estimate of drug-likeness (QED) is 0.707. The van der Waals surface area contributed by atoms with E-state index < -0.39 is 0 Å². The first-order valence-electron chi connectivity index (χ1n) is 5.03. The fraction of sp³-hybridized carbons (Fsp3) is 0.909. The second-order valence-corrected chi connectivity index (χ2v) is 5.46. The van der Waals surface area contributed by atoms with Gasteiger partial charge < -0.3 is 10.1 Å². The smallest absolute Gasteiger partial charge is 0.306 e. The maximum atomic E-state index is 11.5. The van der Waals surface area contributed by atoms with Crippen molar-refractivity contribution in [3.8, 4) is 0 Å². The number of carbonyl (C=O) groups is 1. The molecule has 0 saturated heterocycles. The van der Waals surface area contributed by atoms with Crippen LogP contribution in [0.2, 0.25) is 0 Å². The van der Waals surface area contributed by atoms with E-state index in [0.29, 0.717) is 6.42 Å². The minimum atomic E-state index is -0.382. The van der Waals surface area contributed by atoms with Gasteiger partial charge in [-0.15, -0.1) is 0 Å². The van der Waals surface area contributed by atoms with Crippen molar-refractivity contribution >= 4 is 5.97 Å². The zero-order chi connectivity index (χ0) is 11.4. The fourth-order valence-electron chi connectivity index (χ4n) is 1.31. The highest BCUT2D eigenvalue weighted by molar-refractivity contribution is 5.70. The van der Waals surface area contributed by atoms with Crippen molar-refractivity contribution in [2.45, 2.75) is 46.6 Å². The molecule has 0 bridgehead atoms. The van der Waals surface area contributed by atoms with Gasteiger partial charge in [-0.05, 0) is 33.2 Å². The number of esters is 1. The fourth-order valence-corrected chi connectivity index (χ4v) is 1.31. The summed E-state index contributed by atoms with van der Waals surface area (Å²) in [7, 11) is 1.89. The first-order valence-corrected chi connectivity index (χ1v) is 5.03. The Balaban J connectivity index is 4.06. The van der Waals surface area contributed by atoms with Crippen molar-refractivity contribution in [3.63, 3.8) is 0 Å². The van der Waals surface area contributed by atoms with Crippen molar-refractivity contribution in [1.29, 1.82) is 0 Å². The molecule has 0 aliphatic rings. The Morgan fingerprint density at radius 3 is 2.07 bits per heavy atom. The zero-order valence-electron chi connectivity index (χ0n) is 10.2. The maximum Gasteiger partial charge on any atom is 0.306 e. The van der Waals surface area contributed by atoms with Crippen molar-refractivity contribution in [1.82, 2.24) is 5.32 Å². The molecule has 3 nitrogen and oxygen atoms in total. The summed E-state index contributed by atoms with van der Waals surface area (Å²) in [4.78, 5) is 11.5. The molecule has 0 atom stereocenters. The van der Waals surface area contributed by atoms with E-state index in [-0.39, 0.29) is 17.0 Å². The third kappa shape index (κ3) is 6.89. The van der Waals surface area contributed by atoms with Crippen molar-refractivity contribution in [3.05, 3.63) is 0 Å². The maximum absolute atomic E-state index is 11.5. The molecule has 0 aliphatic carbocycles. The van der Waals surface area contributed by atoms with E-state index in [1.807, 2.05) is 41.7 Å². The van der Waals surface area contributed by atoms with Gasteiger partial charge in [0, 0.05) is 6.54 Å². The molecule has 0 unspecified atom stereocenters. The predicted molar refractivity (Wildman–Crippen MR) is 58.2 cm³/mol. The minimum absolute atomic E-state index is 0.0446. The van der Waals surface area contributed by atoms with E-state index in [2.05, 4.69) is 5.32 Å². The Bertz CT molecular complexity index is 192. The highest BCUT2D eigenvalue weighted by Gasteiger charge is 2.25. The van der Waals surface area contributed by atoms with Gasteiger partial charge in [0.2, 0.25) is 0 Å². The summed E-state index contributed by atoms with van der Waals surface area (Å²) in [6, 6.07) is 0. The molecule has 0 spiro atoms. The largest absolute Gasteiger partial charge is 0.460 e. The van der Waals surface area contributed by atoms with Crippen molar-refractivity contribution < 1.29 is 9.53 Å². The van der Waals surface area contributed by atoms with Crippen LogP contribution in [0.25, 0.3) is 0 Å². The van der Waals surface area contributed by atoms with Gasteiger partial charge >= 0.3 is 5.97 Å². The molecule has 14 heavy (non-hydrogen) atoms. The second-order valence-electron chi connectivity index (χ2n) is 5.46. The number of hydrogen-bond donors (Lipinski definition) is 1. The summed E-state index contributed by atoms with van der Waals surface area (Å²) in [5.41, 5.74) is -0.427. The molecule has 0 aromatic heterocycles. The SMILES string of the molecule is CNCC(C)(C)CC(=O)OC(C)(C)C. The third-order valence-corrected chi connectivity index (χ3v) is 1.70. The summed E-state index contributed by atoms with van der Waals surface area (Å²) in [5.74, 6) is -0.127. The number of hydrogen-bond acceptors (Lipinski definition) is 3. The van der Waals surface area contributed by atoms with Crippen LogP contribution in [0.15, 0.2) is 0 Å². The molecule has 0 radical (unpaired) electrons. The van der Waals surface area contributed by atoms with E-state index in [1.165, 1.54) is 0 Å². The van der Waals surface area contributed by atoms with Gasteiger partial charge in [-0.1, -0.05) is 13.8 Å². The zero-order valence-corrected chi connectivity index (χ0v) is 10.2. The first-order chi connectivity index (χ1) is 6.16. The highest BCUT2D eigenvalue weighted by Crippen LogP contribution is 2.21. The van der Waals surface area contributed by atoms with E-state index >= 15 is 0 Å². The second kappa shape index (κ2) is 4.78. The van der Waals surface area contributed by atoms with Gasteiger partial charge in [0.1, 0.15) is 5.60 Å². The molecule has 0 aromatic carbocycles. The van der Waals surface area contributed by atoms with E-state index in [0.717, 1.165) is 6.54 Å². The average Bonchev–Trinajstić information content (AvgIpc) is 1.78. The van der Waals surface area contributed by atoms with Crippen LogP contribution in [0.1, 0.15) is 41.0 Å². The number of rotatable bonds is 4. The molecule has 0 aromatic rings. The van der Waals surface area contributed by atoms with Crippen LogP contribution in [0.4, 0.5) is 0 Å². The van der Waals surface area contributed by atoms with Crippen LogP contribution in [-0.2, 0) is 9.53 Å². The first kappa shape index (κ1) is 13.4. The molecule has 3 heteroatoms. The molecular weight excluding hydrogens is 178 g/mol. The predicted octanol–water partition coefficient (Wildman–Crippen LogP) is 1.96.